The van der Waals surface area contributed by atoms with Gasteiger partial charge in [-0.15, -0.1) is 0 Å². The fourth-order valence-corrected chi connectivity index (χ4v) is 4.39. The predicted molar refractivity (Wildman–Crippen MR) is 116 cm³/mol. The highest BCUT2D eigenvalue weighted by Crippen LogP contribution is 2.44. The Kier molecular flexibility index (Phi) is 4.57. The summed E-state index contributed by atoms with van der Waals surface area (Å²) in [6, 6.07) is 19.6. The summed E-state index contributed by atoms with van der Waals surface area (Å²) in [5, 5.41) is 7.85. The van der Waals surface area contributed by atoms with E-state index in [4.69, 9.17) is 11.6 Å². The van der Waals surface area contributed by atoms with Crippen LogP contribution in [0.3, 0.4) is 0 Å². The summed E-state index contributed by atoms with van der Waals surface area (Å²) in [6.45, 7) is 0. The molecule has 0 unspecified atom stereocenters. The molecule has 29 heavy (non-hydrogen) atoms. The maximum atomic E-state index is 13.4. The minimum Gasteiger partial charge on any atom is -0.372 e. The molecule has 1 aromatic heterocycles. The molecule has 144 valence electrons. The van der Waals surface area contributed by atoms with Crippen molar-refractivity contribution in [3.05, 3.63) is 100 Å². The molecule has 0 fully saturated rings. The highest BCUT2D eigenvalue weighted by atomic mass is 35.5. The largest absolute Gasteiger partial charge is 0.372 e. The van der Waals surface area contributed by atoms with Gasteiger partial charge in [0, 0.05) is 35.1 Å². The number of carbonyl (C=O) groups is 1. The number of halogens is 1. The average Bonchev–Trinajstić information content (AvgIpc) is 2.92. The van der Waals surface area contributed by atoms with Gasteiger partial charge in [-0.1, -0.05) is 35.9 Å². The number of nitrogens with zero attached hydrogens (tertiary/aromatic N) is 1. The summed E-state index contributed by atoms with van der Waals surface area (Å²) in [7, 11) is 0. The molecule has 2 atom stereocenters. The fourth-order valence-electron chi connectivity index (χ4n) is 4.27. The Bertz CT molecular complexity index is 1090. The minimum absolute atomic E-state index is 0.134. The van der Waals surface area contributed by atoms with Crippen molar-refractivity contribution in [2.75, 3.05) is 10.6 Å². The van der Waals surface area contributed by atoms with E-state index in [0.29, 0.717) is 11.4 Å². The van der Waals surface area contributed by atoms with E-state index in [0.717, 1.165) is 40.2 Å². The van der Waals surface area contributed by atoms with Crippen LogP contribution in [0.25, 0.3) is 0 Å². The molecule has 3 aromatic rings. The van der Waals surface area contributed by atoms with Gasteiger partial charge in [0.15, 0.2) is 5.78 Å². The number of Topliss-reactive ketones (excluding diaryl/α,β-unsaturated/α-hetero) is 1. The van der Waals surface area contributed by atoms with Crippen molar-refractivity contribution >= 4 is 28.8 Å². The molecule has 1 aliphatic carbocycles. The lowest BCUT2D eigenvalue weighted by molar-refractivity contribution is -0.116. The third-order valence-electron chi connectivity index (χ3n) is 5.69. The molecule has 5 rings (SSSR count). The molecule has 0 saturated carbocycles. The minimum atomic E-state index is -0.206. The summed E-state index contributed by atoms with van der Waals surface area (Å²) in [6.07, 6.45) is 4.80. The topological polar surface area (TPSA) is 54.0 Å². The molecule has 0 amide bonds. The molecule has 2 heterocycles. The van der Waals surface area contributed by atoms with Crippen LogP contribution in [0.4, 0.5) is 11.4 Å². The van der Waals surface area contributed by atoms with E-state index in [2.05, 4.69) is 15.6 Å². The summed E-state index contributed by atoms with van der Waals surface area (Å²) in [4.78, 5) is 17.5. The number of hydrogen-bond acceptors (Lipinski definition) is 4. The van der Waals surface area contributed by atoms with Gasteiger partial charge in [-0.2, -0.15) is 0 Å². The van der Waals surface area contributed by atoms with Gasteiger partial charge in [0.25, 0.3) is 0 Å². The third-order valence-corrected chi connectivity index (χ3v) is 5.94. The first-order valence-corrected chi connectivity index (χ1v) is 10.1. The molecule has 2 aliphatic rings. The van der Waals surface area contributed by atoms with Crippen molar-refractivity contribution in [3.8, 4) is 0 Å². The van der Waals surface area contributed by atoms with Crippen molar-refractivity contribution in [3.63, 3.8) is 0 Å². The van der Waals surface area contributed by atoms with Crippen molar-refractivity contribution < 1.29 is 4.79 Å². The quantitative estimate of drug-likeness (QED) is 0.577. The molecular weight excluding hydrogens is 382 g/mol. The van der Waals surface area contributed by atoms with Crippen LogP contribution in [0.1, 0.15) is 35.9 Å². The molecule has 2 N–H and O–H groups in total. The second-order valence-electron chi connectivity index (χ2n) is 7.50. The van der Waals surface area contributed by atoms with Gasteiger partial charge in [-0.3, -0.25) is 9.78 Å². The van der Waals surface area contributed by atoms with Crippen LogP contribution in [0, 0.1) is 0 Å². The number of allylic oxidation sites excluding steroid dienone is 1. The Morgan fingerprint density at radius 3 is 2.34 bits per heavy atom. The van der Waals surface area contributed by atoms with Crippen molar-refractivity contribution in [1.82, 2.24) is 4.98 Å². The van der Waals surface area contributed by atoms with Gasteiger partial charge in [-0.05, 0) is 59.9 Å². The van der Waals surface area contributed by atoms with Crippen molar-refractivity contribution in [2.24, 2.45) is 0 Å². The normalized spacial score (nSPS) is 20.8. The standard InChI is InChI=1S/C24H20ClN3O/c25-18-7-5-15(6-8-18)17-13-21-23(22(29)14-17)24(16-9-11-26-12-10-16)28-20-4-2-1-3-19(20)27-21/h1-12,17,24,27-28H,13-14H2/t17-,24+/m1/s1. The number of fused-ring (bicyclic) bond motifs is 1. The maximum Gasteiger partial charge on any atom is 0.163 e. The van der Waals surface area contributed by atoms with Crippen LogP contribution in [0.5, 0.6) is 0 Å². The van der Waals surface area contributed by atoms with E-state index in [1.165, 1.54) is 0 Å². The number of carbonyl (C=O) groups excluding carboxylic acids is 1. The highest BCUT2D eigenvalue weighted by Gasteiger charge is 2.35. The SMILES string of the molecule is O=C1C[C@H](c2ccc(Cl)cc2)CC2=C1[C@H](c1ccncc1)Nc1ccccc1N2. The van der Waals surface area contributed by atoms with Gasteiger partial charge in [0.05, 0.1) is 17.4 Å². The average molecular weight is 402 g/mol. The zero-order valence-electron chi connectivity index (χ0n) is 15.7. The zero-order chi connectivity index (χ0) is 19.8. The number of pyridine rings is 1. The lowest BCUT2D eigenvalue weighted by Crippen LogP contribution is -2.26. The van der Waals surface area contributed by atoms with Gasteiger partial charge < -0.3 is 10.6 Å². The maximum absolute atomic E-state index is 13.4. The summed E-state index contributed by atoms with van der Waals surface area (Å²) in [5.41, 5.74) is 5.95. The number of rotatable bonds is 2. The lowest BCUT2D eigenvalue weighted by atomic mass is 9.78. The van der Waals surface area contributed by atoms with E-state index < -0.39 is 0 Å². The molecule has 4 nitrogen and oxygen atoms in total. The summed E-state index contributed by atoms with van der Waals surface area (Å²) < 4.78 is 0. The van der Waals surface area contributed by atoms with Crippen LogP contribution in [0.15, 0.2) is 84.3 Å². The number of benzene rings is 2. The first kappa shape index (κ1) is 18.0. The Hall–Kier alpha value is -3.11. The molecule has 1 aliphatic heterocycles. The number of anilines is 2. The molecule has 0 bridgehead atoms. The molecule has 0 spiro atoms. The van der Waals surface area contributed by atoms with Gasteiger partial charge in [-0.25, -0.2) is 0 Å². The first-order valence-electron chi connectivity index (χ1n) is 9.73. The van der Waals surface area contributed by atoms with E-state index in [9.17, 15) is 4.79 Å². The van der Waals surface area contributed by atoms with E-state index in [1.54, 1.807) is 12.4 Å². The van der Waals surface area contributed by atoms with Crippen LogP contribution >= 0.6 is 11.6 Å². The predicted octanol–water partition coefficient (Wildman–Crippen LogP) is 5.71. The van der Waals surface area contributed by atoms with Gasteiger partial charge >= 0.3 is 0 Å². The van der Waals surface area contributed by atoms with Crippen LogP contribution in [0.2, 0.25) is 5.02 Å². The highest BCUT2D eigenvalue weighted by molar-refractivity contribution is 6.30. The molecule has 5 heteroatoms. The Morgan fingerprint density at radius 2 is 1.59 bits per heavy atom. The Morgan fingerprint density at radius 1 is 0.862 bits per heavy atom. The Balaban J connectivity index is 1.60. The van der Waals surface area contributed by atoms with Crippen LogP contribution in [-0.2, 0) is 4.79 Å². The smallest absolute Gasteiger partial charge is 0.163 e. The zero-order valence-corrected chi connectivity index (χ0v) is 16.5. The van der Waals surface area contributed by atoms with E-state index >= 15 is 0 Å². The van der Waals surface area contributed by atoms with Crippen LogP contribution in [-0.4, -0.2) is 10.8 Å². The number of hydrogen-bond donors (Lipinski definition) is 2. The number of ketones is 1. The van der Waals surface area contributed by atoms with Gasteiger partial charge in [0.2, 0.25) is 0 Å². The van der Waals surface area contributed by atoms with Crippen molar-refractivity contribution in [1.29, 1.82) is 0 Å². The Labute approximate surface area is 174 Å². The fraction of sp³-hybridized carbons (Fsp3) is 0.167. The monoisotopic (exact) mass is 401 g/mol. The third kappa shape index (κ3) is 3.40. The number of aromatic nitrogens is 1. The second-order valence-corrected chi connectivity index (χ2v) is 7.94. The lowest BCUT2D eigenvalue weighted by Gasteiger charge is -2.30. The van der Waals surface area contributed by atoms with E-state index in [-0.39, 0.29) is 17.7 Å². The number of nitrogens with one attached hydrogen (secondary N) is 2. The summed E-state index contributed by atoms with van der Waals surface area (Å²) in [5.74, 6) is 0.301. The molecule has 0 radical (unpaired) electrons. The van der Waals surface area contributed by atoms with Crippen LogP contribution < -0.4 is 10.6 Å². The van der Waals surface area contributed by atoms with Crippen molar-refractivity contribution in [2.45, 2.75) is 24.8 Å². The summed E-state index contributed by atoms with van der Waals surface area (Å²) >= 11 is 6.05. The first-order chi connectivity index (χ1) is 14.2. The molecule has 2 aromatic carbocycles. The second kappa shape index (κ2) is 7.37. The van der Waals surface area contributed by atoms with E-state index in [1.807, 2.05) is 60.7 Å². The molecule has 0 saturated heterocycles. The molecular formula is C24H20ClN3O. The van der Waals surface area contributed by atoms with Gasteiger partial charge in [0.1, 0.15) is 0 Å². The number of para-hydroxylation sites is 2.